The lowest BCUT2D eigenvalue weighted by Crippen LogP contribution is -2.38. The maximum Gasteiger partial charge on any atom is 0.230 e. The quantitative estimate of drug-likeness (QED) is 0.819. The third kappa shape index (κ3) is 5.59. The molecule has 0 aliphatic rings. The number of carbonyl (C=O) groups is 1. The highest BCUT2D eigenvalue weighted by atomic mass is 16.5. The van der Waals surface area contributed by atoms with E-state index >= 15 is 0 Å². The van der Waals surface area contributed by atoms with Crippen LogP contribution in [0.1, 0.15) is 0 Å². The van der Waals surface area contributed by atoms with Crippen LogP contribution in [0.25, 0.3) is 0 Å². The first kappa shape index (κ1) is 16.5. The summed E-state index contributed by atoms with van der Waals surface area (Å²) in [5.41, 5.74) is 0.790. The molecule has 0 unspecified atom stereocenters. The number of benzene rings is 1. The van der Waals surface area contributed by atoms with Gasteiger partial charge in [-0.25, -0.2) is 0 Å². The monoisotopic (exact) mass is 279 g/mol. The van der Waals surface area contributed by atoms with E-state index in [1.165, 1.54) is 0 Å². The van der Waals surface area contributed by atoms with Gasteiger partial charge in [-0.2, -0.15) is 0 Å². The first-order chi connectivity index (χ1) is 9.42. The molecule has 0 spiro atoms. The van der Waals surface area contributed by atoms with Gasteiger partial charge in [0.05, 0.1) is 13.0 Å². The van der Waals surface area contributed by atoms with E-state index in [9.17, 15) is 4.79 Å². The van der Waals surface area contributed by atoms with Crippen LogP contribution in [-0.4, -0.2) is 64.1 Å². The van der Waals surface area contributed by atoms with Gasteiger partial charge in [0.15, 0.2) is 0 Å². The van der Waals surface area contributed by atoms with Crippen LogP contribution >= 0.6 is 0 Å². The summed E-state index contributed by atoms with van der Waals surface area (Å²) in [5, 5.41) is 2.96. The second-order valence-electron chi connectivity index (χ2n) is 5.44. The lowest BCUT2D eigenvalue weighted by molar-refractivity contribution is -0.120. The van der Waals surface area contributed by atoms with Gasteiger partial charge in [-0.3, -0.25) is 4.79 Å². The molecule has 0 heterocycles. The number of hydrogen-bond donors (Lipinski definition) is 1. The predicted octanol–water partition coefficient (Wildman–Crippen LogP) is 1.37. The van der Waals surface area contributed by atoms with Crippen molar-refractivity contribution in [3.63, 3.8) is 0 Å². The van der Waals surface area contributed by atoms with Crippen molar-refractivity contribution >= 4 is 11.6 Å². The van der Waals surface area contributed by atoms with Crippen LogP contribution in [-0.2, 0) is 4.79 Å². The summed E-state index contributed by atoms with van der Waals surface area (Å²) in [6.07, 6.45) is 0. The van der Waals surface area contributed by atoms with Crippen LogP contribution in [0.15, 0.2) is 24.3 Å². The fraction of sp³-hybridized carbons (Fsp3) is 0.533. The van der Waals surface area contributed by atoms with Gasteiger partial charge in [0.2, 0.25) is 5.91 Å². The molecule has 0 saturated carbocycles. The molecule has 1 aromatic carbocycles. The third-order valence-electron chi connectivity index (χ3n) is 2.90. The van der Waals surface area contributed by atoms with Crippen LogP contribution < -0.4 is 10.1 Å². The van der Waals surface area contributed by atoms with Gasteiger partial charge < -0.3 is 19.9 Å². The van der Waals surface area contributed by atoms with Crippen LogP contribution in [0.5, 0.6) is 5.75 Å². The normalized spacial score (nSPS) is 11.2. The Morgan fingerprint density at radius 1 is 1.10 bits per heavy atom. The maximum atomic E-state index is 12.3. The molecule has 5 heteroatoms. The number of nitrogens with one attached hydrogen (secondary N) is 1. The standard InChI is InChI=1S/C15H25N3O2/c1-17(2)10-12(11-18(3)4)15(19)16-13-6-8-14(20-5)9-7-13/h6-9,12H,10-11H2,1-5H3,(H,16,19). The molecule has 20 heavy (non-hydrogen) atoms. The Bertz CT molecular complexity index is 406. The molecule has 0 aliphatic heterocycles. The maximum absolute atomic E-state index is 12.3. The van der Waals surface area contributed by atoms with Crippen LogP contribution in [0, 0.1) is 5.92 Å². The SMILES string of the molecule is COc1ccc(NC(=O)C(CN(C)C)CN(C)C)cc1. The summed E-state index contributed by atoms with van der Waals surface area (Å²) in [4.78, 5) is 16.4. The Morgan fingerprint density at radius 3 is 2.00 bits per heavy atom. The molecule has 5 nitrogen and oxygen atoms in total. The molecule has 0 atom stereocenters. The summed E-state index contributed by atoms with van der Waals surface area (Å²) in [6, 6.07) is 7.36. The predicted molar refractivity (Wildman–Crippen MR) is 82.2 cm³/mol. The lowest BCUT2D eigenvalue weighted by Gasteiger charge is -2.23. The second-order valence-corrected chi connectivity index (χ2v) is 5.44. The molecular formula is C15H25N3O2. The van der Waals surface area contributed by atoms with Gasteiger partial charge in [-0.05, 0) is 52.5 Å². The molecule has 0 aliphatic carbocycles. The van der Waals surface area contributed by atoms with Gasteiger partial charge in [0, 0.05) is 18.8 Å². The number of methoxy groups -OCH3 is 1. The van der Waals surface area contributed by atoms with Crippen molar-refractivity contribution in [2.45, 2.75) is 0 Å². The van der Waals surface area contributed by atoms with Crippen molar-refractivity contribution in [2.75, 3.05) is 53.7 Å². The second kappa shape index (κ2) is 7.87. The third-order valence-corrected chi connectivity index (χ3v) is 2.90. The first-order valence-electron chi connectivity index (χ1n) is 6.66. The molecule has 112 valence electrons. The van der Waals surface area contributed by atoms with Crippen molar-refractivity contribution in [2.24, 2.45) is 5.92 Å². The summed E-state index contributed by atoms with van der Waals surface area (Å²) in [5.74, 6) is 0.751. The average Bonchev–Trinajstić information content (AvgIpc) is 2.37. The van der Waals surface area contributed by atoms with Crippen LogP contribution in [0.3, 0.4) is 0 Å². The summed E-state index contributed by atoms with van der Waals surface area (Å²) in [7, 11) is 9.52. The minimum absolute atomic E-state index is 0.0394. The summed E-state index contributed by atoms with van der Waals surface area (Å²) in [6.45, 7) is 1.44. The van der Waals surface area contributed by atoms with E-state index in [0.29, 0.717) is 0 Å². The Labute approximate surface area is 121 Å². The Balaban J connectivity index is 2.68. The van der Waals surface area contributed by atoms with Crippen molar-refractivity contribution in [1.29, 1.82) is 0 Å². The zero-order chi connectivity index (χ0) is 15.1. The van der Waals surface area contributed by atoms with E-state index in [1.54, 1.807) is 7.11 Å². The van der Waals surface area contributed by atoms with Crippen LogP contribution in [0.4, 0.5) is 5.69 Å². The van der Waals surface area contributed by atoms with E-state index in [2.05, 4.69) is 5.32 Å². The molecule has 0 fully saturated rings. The number of hydrogen-bond acceptors (Lipinski definition) is 4. The van der Waals surface area contributed by atoms with E-state index in [4.69, 9.17) is 4.74 Å². The number of ether oxygens (including phenoxy) is 1. The minimum atomic E-state index is -0.0675. The first-order valence-corrected chi connectivity index (χ1v) is 6.66. The zero-order valence-corrected chi connectivity index (χ0v) is 13.0. The van der Waals surface area contributed by atoms with Crippen molar-refractivity contribution in [3.8, 4) is 5.75 Å². The molecule has 0 aromatic heterocycles. The summed E-state index contributed by atoms with van der Waals surface area (Å²) >= 11 is 0. The van der Waals surface area contributed by atoms with Gasteiger partial charge in [-0.15, -0.1) is 0 Å². The molecule has 0 bridgehead atoms. The molecule has 0 radical (unpaired) electrons. The highest BCUT2D eigenvalue weighted by Gasteiger charge is 2.20. The van der Waals surface area contributed by atoms with Crippen molar-refractivity contribution in [1.82, 2.24) is 9.80 Å². The molecule has 1 amide bonds. The Hall–Kier alpha value is -1.59. The van der Waals surface area contributed by atoms with Gasteiger partial charge >= 0.3 is 0 Å². The molecular weight excluding hydrogens is 254 g/mol. The molecule has 1 rings (SSSR count). The van der Waals surface area contributed by atoms with Crippen LogP contribution in [0.2, 0.25) is 0 Å². The van der Waals surface area contributed by atoms with Gasteiger partial charge in [0.25, 0.3) is 0 Å². The highest BCUT2D eigenvalue weighted by molar-refractivity contribution is 5.92. The fourth-order valence-corrected chi connectivity index (χ4v) is 2.02. The highest BCUT2D eigenvalue weighted by Crippen LogP contribution is 2.16. The smallest absolute Gasteiger partial charge is 0.230 e. The fourth-order valence-electron chi connectivity index (χ4n) is 2.02. The minimum Gasteiger partial charge on any atom is -0.497 e. The number of amides is 1. The molecule has 1 aromatic rings. The van der Waals surface area contributed by atoms with Gasteiger partial charge in [-0.1, -0.05) is 0 Å². The van der Waals surface area contributed by atoms with Gasteiger partial charge in [0.1, 0.15) is 5.75 Å². The zero-order valence-electron chi connectivity index (χ0n) is 13.0. The average molecular weight is 279 g/mol. The molecule has 1 N–H and O–H groups in total. The van der Waals surface area contributed by atoms with Crippen molar-refractivity contribution < 1.29 is 9.53 Å². The lowest BCUT2D eigenvalue weighted by atomic mass is 10.1. The largest absolute Gasteiger partial charge is 0.497 e. The van der Waals surface area contributed by atoms with E-state index in [1.807, 2.05) is 62.3 Å². The number of rotatable bonds is 7. The topological polar surface area (TPSA) is 44.8 Å². The number of carbonyl (C=O) groups excluding carboxylic acids is 1. The number of nitrogens with zero attached hydrogens (tertiary/aromatic N) is 2. The van der Waals surface area contributed by atoms with E-state index in [-0.39, 0.29) is 11.8 Å². The van der Waals surface area contributed by atoms with Crippen molar-refractivity contribution in [3.05, 3.63) is 24.3 Å². The summed E-state index contributed by atoms with van der Waals surface area (Å²) < 4.78 is 5.10. The Morgan fingerprint density at radius 2 is 1.60 bits per heavy atom. The molecule has 0 saturated heterocycles. The van der Waals surface area contributed by atoms with E-state index < -0.39 is 0 Å². The Kier molecular flexibility index (Phi) is 6.48. The van der Waals surface area contributed by atoms with E-state index in [0.717, 1.165) is 24.5 Å². The number of anilines is 1.